The van der Waals surface area contributed by atoms with Gasteiger partial charge in [-0.3, -0.25) is 9.59 Å². The van der Waals surface area contributed by atoms with Gasteiger partial charge in [-0.1, -0.05) is 37.5 Å². The summed E-state index contributed by atoms with van der Waals surface area (Å²) in [6.45, 7) is 8.83. The number of rotatable bonds is 8. The predicted molar refractivity (Wildman–Crippen MR) is 117 cm³/mol. The molecule has 0 saturated carbocycles. The Bertz CT molecular complexity index is 792. The highest BCUT2D eigenvalue weighted by Gasteiger charge is 2.31. The van der Waals surface area contributed by atoms with Crippen molar-refractivity contribution in [1.82, 2.24) is 15.5 Å². The Morgan fingerprint density at radius 1 is 1.23 bits per heavy atom. The fourth-order valence-corrected chi connectivity index (χ4v) is 2.95. The first kappa shape index (κ1) is 25.0. The molecule has 7 nitrogen and oxygen atoms in total. The number of hydrogen-bond acceptors (Lipinski definition) is 4. The van der Waals surface area contributed by atoms with Crippen LogP contribution in [0.15, 0.2) is 24.3 Å². The summed E-state index contributed by atoms with van der Waals surface area (Å²) in [6, 6.07) is 6.02. The van der Waals surface area contributed by atoms with E-state index in [0.29, 0.717) is 11.1 Å². The van der Waals surface area contributed by atoms with Crippen LogP contribution in [-0.4, -0.2) is 48.0 Å². The van der Waals surface area contributed by atoms with Crippen molar-refractivity contribution in [2.24, 2.45) is 0 Å². The van der Waals surface area contributed by atoms with Gasteiger partial charge >= 0.3 is 6.09 Å². The third-order valence-corrected chi connectivity index (χ3v) is 4.33. The Kier molecular flexibility index (Phi) is 9.38. The third-order valence-electron chi connectivity index (χ3n) is 4.33. The summed E-state index contributed by atoms with van der Waals surface area (Å²) in [7, 11) is 1.52. The molecule has 0 aromatic heterocycles. The van der Waals surface area contributed by atoms with Crippen molar-refractivity contribution >= 4 is 17.9 Å². The molecule has 0 aliphatic carbocycles. The molecule has 0 fully saturated rings. The number of nitrogens with one attached hydrogen (secondary N) is 2. The van der Waals surface area contributed by atoms with Crippen molar-refractivity contribution < 1.29 is 19.1 Å². The summed E-state index contributed by atoms with van der Waals surface area (Å²) >= 11 is 0. The molecular formula is C23H33N3O4. The summed E-state index contributed by atoms with van der Waals surface area (Å²) in [5.74, 6) is 1.80. The molecule has 30 heavy (non-hydrogen) atoms. The maximum absolute atomic E-state index is 13.1. The Morgan fingerprint density at radius 3 is 2.43 bits per heavy atom. The van der Waals surface area contributed by atoms with E-state index < -0.39 is 23.6 Å². The van der Waals surface area contributed by atoms with E-state index in [0.717, 1.165) is 12.8 Å². The Balaban J connectivity index is 3.06. The first-order valence-corrected chi connectivity index (χ1v) is 10.1. The van der Waals surface area contributed by atoms with Crippen molar-refractivity contribution in [3.8, 4) is 12.3 Å². The largest absolute Gasteiger partial charge is 0.444 e. The zero-order valence-electron chi connectivity index (χ0n) is 18.7. The zero-order chi connectivity index (χ0) is 22.9. The summed E-state index contributed by atoms with van der Waals surface area (Å²) in [5, 5.41) is 5.38. The molecular weight excluding hydrogens is 382 g/mol. The van der Waals surface area contributed by atoms with Crippen LogP contribution in [0.3, 0.4) is 0 Å². The number of alkyl carbamates (subject to hydrolysis) is 1. The fourth-order valence-electron chi connectivity index (χ4n) is 2.95. The lowest BCUT2D eigenvalue weighted by molar-refractivity contribution is -0.138. The van der Waals surface area contributed by atoms with E-state index in [4.69, 9.17) is 11.2 Å². The maximum atomic E-state index is 13.1. The SMILES string of the molecule is C#Cc1ccccc1C(C(=O)NC(C)CCC)N(C)C(=O)CNC(=O)OC(C)(C)C. The van der Waals surface area contributed by atoms with E-state index in [-0.39, 0.29) is 18.5 Å². The van der Waals surface area contributed by atoms with Crippen LogP contribution in [-0.2, 0) is 14.3 Å². The molecule has 7 heteroatoms. The van der Waals surface area contributed by atoms with Crippen LogP contribution >= 0.6 is 0 Å². The van der Waals surface area contributed by atoms with Gasteiger partial charge < -0.3 is 20.3 Å². The van der Waals surface area contributed by atoms with Crippen molar-refractivity contribution in [2.75, 3.05) is 13.6 Å². The predicted octanol–water partition coefficient (Wildman–Crippen LogP) is 3.00. The molecule has 3 amide bonds. The molecule has 1 aromatic carbocycles. The summed E-state index contributed by atoms with van der Waals surface area (Å²) in [6.07, 6.45) is 6.64. The smallest absolute Gasteiger partial charge is 0.408 e. The number of terminal acetylenes is 1. The van der Waals surface area contributed by atoms with E-state index >= 15 is 0 Å². The number of hydrogen-bond donors (Lipinski definition) is 2. The van der Waals surface area contributed by atoms with Crippen molar-refractivity contribution in [2.45, 2.75) is 65.1 Å². The average molecular weight is 416 g/mol. The van der Waals surface area contributed by atoms with Gasteiger partial charge in [0.15, 0.2) is 0 Å². The second-order valence-electron chi connectivity index (χ2n) is 8.19. The normalized spacial score (nSPS) is 12.8. The van der Waals surface area contributed by atoms with Gasteiger partial charge in [-0.05, 0) is 45.7 Å². The lowest BCUT2D eigenvalue weighted by Crippen LogP contribution is -2.47. The van der Waals surface area contributed by atoms with Gasteiger partial charge in [0.1, 0.15) is 18.2 Å². The minimum atomic E-state index is -0.926. The first-order valence-electron chi connectivity index (χ1n) is 10.1. The van der Waals surface area contributed by atoms with Crippen LogP contribution in [0.1, 0.15) is 64.6 Å². The zero-order valence-corrected chi connectivity index (χ0v) is 18.7. The number of nitrogens with zero attached hydrogens (tertiary/aromatic N) is 1. The molecule has 2 N–H and O–H groups in total. The molecule has 0 radical (unpaired) electrons. The molecule has 2 atom stereocenters. The van der Waals surface area contributed by atoms with Crippen molar-refractivity contribution in [3.05, 3.63) is 35.4 Å². The molecule has 1 aromatic rings. The van der Waals surface area contributed by atoms with E-state index in [1.807, 2.05) is 13.8 Å². The lowest BCUT2D eigenvalue weighted by atomic mass is 9.98. The number of amides is 3. The van der Waals surface area contributed by atoms with Gasteiger partial charge in [0.25, 0.3) is 0 Å². The Hall–Kier alpha value is -3.01. The minimum Gasteiger partial charge on any atom is -0.444 e. The van der Waals surface area contributed by atoms with Crippen LogP contribution in [0.4, 0.5) is 4.79 Å². The van der Waals surface area contributed by atoms with Gasteiger partial charge in [0.2, 0.25) is 11.8 Å². The van der Waals surface area contributed by atoms with Crippen LogP contribution < -0.4 is 10.6 Å². The lowest BCUT2D eigenvalue weighted by Gasteiger charge is -2.30. The molecule has 2 unspecified atom stereocenters. The molecule has 0 saturated heterocycles. The molecule has 0 aliphatic rings. The highest BCUT2D eigenvalue weighted by atomic mass is 16.6. The molecule has 0 bridgehead atoms. The number of benzene rings is 1. The van der Waals surface area contributed by atoms with Crippen LogP contribution in [0, 0.1) is 12.3 Å². The molecule has 0 aliphatic heterocycles. The number of carbonyl (C=O) groups is 3. The Morgan fingerprint density at radius 2 is 1.87 bits per heavy atom. The van der Waals surface area contributed by atoms with Crippen molar-refractivity contribution in [1.29, 1.82) is 0 Å². The number of carbonyl (C=O) groups excluding carboxylic acids is 3. The minimum absolute atomic E-state index is 0.0496. The molecule has 1 rings (SSSR count). The highest BCUT2D eigenvalue weighted by Crippen LogP contribution is 2.24. The van der Waals surface area contributed by atoms with E-state index in [1.165, 1.54) is 11.9 Å². The van der Waals surface area contributed by atoms with Crippen molar-refractivity contribution in [3.63, 3.8) is 0 Å². The van der Waals surface area contributed by atoms with Crippen LogP contribution in [0.5, 0.6) is 0 Å². The molecule has 0 heterocycles. The molecule has 0 spiro atoms. The van der Waals surface area contributed by atoms with Crippen LogP contribution in [0.25, 0.3) is 0 Å². The highest BCUT2D eigenvalue weighted by molar-refractivity contribution is 5.90. The quantitative estimate of drug-likeness (QED) is 0.639. The number of likely N-dealkylation sites (N-methyl/N-ethyl adjacent to an activating group) is 1. The van der Waals surface area contributed by atoms with Gasteiger partial charge in [-0.25, -0.2) is 4.79 Å². The van der Waals surface area contributed by atoms with Gasteiger partial charge in [0, 0.05) is 18.7 Å². The average Bonchev–Trinajstić information content (AvgIpc) is 2.65. The summed E-state index contributed by atoms with van der Waals surface area (Å²) in [4.78, 5) is 39.0. The maximum Gasteiger partial charge on any atom is 0.408 e. The Labute approximate surface area is 179 Å². The second-order valence-corrected chi connectivity index (χ2v) is 8.19. The topological polar surface area (TPSA) is 87.7 Å². The number of ether oxygens (including phenoxy) is 1. The van der Waals surface area contributed by atoms with Gasteiger partial charge in [-0.2, -0.15) is 0 Å². The standard InChI is InChI=1S/C23H33N3O4/c1-8-12-16(3)25-21(28)20(18-14-11-10-13-17(18)9-2)26(7)19(27)15-24-22(29)30-23(4,5)6/h2,10-11,13-14,16,20H,8,12,15H2,1,3-7H3,(H,24,29)(H,25,28). The third kappa shape index (κ3) is 7.78. The van der Waals surface area contributed by atoms with Crippen LogP contribution in [0.2, 0.25) is 0 Å². The van der Waals surface area contributed by atoms with E-state index in [2.05, 4.69) is 16.6 Å². The fraction of sp³-hybridized carbons (Fsp3) is 0.522. The molecule has 164 valence electrons. The van der Waals surface area contributed by atoms with E-state index in [9.17, 15) is 14.4 Å². The summed E-state index contributed by atoms with van der Waals surface area (Å²) < 4.78 is 5.15. The second kappa shape index (κ2) is 11.2. The van der Waals surface area contributed by atoms with E-state index in [1.54, 1.807) is 45.0 Å². The van der Waals surface area contributed by atoms with Gasteiger partial charge in [-0.15, -0.1) is 6.42 Å². The monoisotopic (exact) mass is 415 g/mol. The first-order chi connectivity index (χ1) is 14.0. The van der Waals surface area contributed by atoms with Gasteiger partial charge in [0.05, 0.1) is 0 Å². The summed E-state index contributed by atoms with van der Waals surface area (Å²) in [5.41, 5.74) is 0.401.